The lowest BCUT2D eigenvalue weighted by molar-refractivity contribution is 0.0997. The molecule has 1 aromatic heterocycles. The van der Waals surface area contributed by atoms with Crippen molar-refractivity contribution in [1.29, 1.82) is 0 Å². The molecule has 0 bridgehead atoms. The van der Waals surface area contributed by atoms with Gasteiger partial charge in [-0.25, -0.2) is 4.79 Å². The summed E-state index contributed by atoms with van der Waals surface area (Å²) >= 11 is 6.12. The zero-order chi connectivity index (χ0) is 19.1. The third-order valence-electron chi connectivity index (χ3n) is 5.38. The van der Waals surface area contributed by atoms with E-state index in [1.165, 1.54) is 0 Å². The van der Waals surface area contributed by atoms with Crippen LogP contribution in [0.2, 0.25) is 5.02 Å². The van der Waals surface area contributed by atoms with E-state index >= 15 is 0 Å². The number of primary amides is 1. The largest absolute Gasteiger partial charge is 0.365 e. The summed E-state index contributed by atoms with van der Waals surface area (Å²) in [6, 6.07) is 5.69. The normalized spacial score (nSPS) is 16.6. The van der Waals surface area contributed by atoms with Crippen molar-refractivity contribution in [3.63, 3.8) is 0 Å². The minimum Gasteiger partial charge on any atom is -0.365 e. The van der Waals surface area contributed by atoms with Crippen LogP contribution in [0.15, 0.2) is 18.2 Å². The molecule has 0 saturated heterocycles. The molecule has 0 unspecified atom stereocenters. The van der Waals surface area contributed by atoms with Crippen LogP contribution in [0, 0.1) is 6.92 Å². The highest BCUT2D eigenvalue weighted by Crippen LogP contribution is 2.30. The Hall–Kier alpha value is -2.54. The Bertz CT molecular complexity index is 919. The summed E-state index contributed by atoms with van der Waals surface area (Å²) in [7, 11) is 0. The van der Waals surface area contributed by atoms with E-state index in [2.05, 4.69) is 10.4 Å². The standard InChI is InChI=1S/C19H22ClN5O2/c1-11-9-12(5-6-14(11)20)17-16(18(21)26)15-10-24(7-8-25(15)23-17)19(27)22-13-3-2-4-13/h5-6,9,13H,2-4,7-8,10H2,1H3,(H2,21,26)(H,22,27). The predicted octanol–water partition coefficient (Wildman–Crippen LogP) is 2.69. The van der Waals surface area contributed by atoms with Gasteiger partial charge < -0.3 is 16.0 Å². The predicted molar refractivity (Wildman–Crippen MR) is 103 cm³/mol. The number of aryl methyl sites for hydroxylation is 1. The number of aromatic nitrogens is 2. The summed E-state index contributed by atoms with van der Waals surface area (Å²) < 4.78 is 1.78. The van der Waals surface area contributed by atoms with E-state index < -0.39 is 5.91 Å². The maximum atomic E-state index is 12.5. The van der Waals surface area contributed by atoms with Gasteiger partial charge in [0.05, 0.1) is 24.3 Å². The molecule has 0 spiro atoms. The van der Waals surface area contributed by atoms with Gasteiger partial charge in [-0.05, 0) is 43.9 Å². The van der Waals surface area contributed by atoms with Gasteiger partial charge in [-0.1, -0.05) is 17.7 Å². The summed E-state index contributed by atoms with van der Waals surface area (Å²) in [4.78, 5) is 26.4. The van der Waals surface area contributed by atoms with Crippen molar-refractivity contribution in [3.8, 4) is 11.3 Å². The van der Waals surface area contributed by atoms with E-state index in [4.69, 9.17) is 17.3 Å². The number of nitrogens with one attached hydrogen (secondary N) is 1. The fourth-order valence-corrected chi connectivity index (χ4v) is 3.68. The van der Waals surface area contributed by atoms with E-state index in [1.54, 1.807) is 15.6 Å². The van der Waals surface area contributed by atoms with Crippen molar-refractivity contribution in [3.05, 3.63) is 40.0 Å². The molecule has 2 heterocycles. The molecule has 8 heteroatoms. The van der Waals surface area contributed by atoms with Crippen LogP contribution in [0.3, 0.4) is 0 Å². The number of urea groups is 1. The summed E-state index contributed by atoms with van der Waals surface area (Å²) in [6.45, 7) is 3.29. The molecule has 1 aliphatic heterocycles. The molecule has 27 heavy (non-hydrogen) atoms. The van der Waals surface area contributed by atoms with E-state index in [-0.39, 0.29) is 12.1 Å². The van der Waals surface area contributed by atoms with Crippen molar-refractivity contribution in [2.24, 2.45) is 5.73 Å². The molecule has 3 N–H and O–H groups in total. The van der Waals surface area contributed by atoms with Crippen molar-refractivity contribution in [1.82, 2.24) is 20.0 Å². The molecule has 1 aromatic carbocycles. The van der Waals surface area contributed by atoms with Crippen LogP contribution in [0.25, 0.3) is 11.3 Å². The number of rotatable bonds is 3. The number of nitrogens with two attached hydrogens (primary N) is 1. The molecule has 0 radical (unpaired) electrons. The summed E-state index contributed by atoms with van der Waals surface area (Å²) in [5.41, 5.74) is 8.97. The quantitative estimate of drug-likeness (QED) is 0.847. The van der Waals surface area contributed by atoms with E-state index in [1.807, 2.05) is 19.1 Å². The van der Waals surface area contributed by atoms with Crippen LogP contribution in [0.4, 0.5) is 4.79 Å². The Kier molecular flexibility index (Phi) is 4.55. The number of fused-ring (bicyclic) bond motifs is 1. The number of carbonyl (C=O) groups excluding carboxylic acids is 2. The van der Waals surface area contributed by atoms with Gasteiger partial charge in [0.1, 0.15) is 5.69 Å². The average Bonchev–Trinajstić information content (AvgIpc) is 2.99. The third kappa shape index (κ3) is 3.27. The molecule has 1 saturated carbocycles. The lowest BCUT2D eigenvalue weighted by atomic mass is 9.93. The molecule has 3 amide bonds. The number of hydrogen-bond donors (Lipinski definition) is 2. The van der Waals surface area contributed by atoms with Crippen LogP contribution in [-0.4, -0.2) is 39.2 Å². The smallest absolute Gasteiger partial charge is 0.318 e. The first kappa shape index (κ1) is 17.9. The highest BCUT2D eigenvalue weighted by atomic mass is 35.5. The monoisotopic (exact) mass is 387 g/mol. The number of nitrogens with zero attached hydrogens (tertiary/aromatic N) is 3. The Morgan fingerprint density at radius 2 is 2.07 bits per heavy atom. The van der Waals surface area contributed by atoms with Gasteiger partial charge in [-0.3, -0.25) is 9.48 Å². The first-order valence-corrected chi connectivity index (χ1v) is 9.53. The van der Waals surface area contributed by atoms with Gasteiger partial charge in [-0.15, -0.1) is 0 Å². The van der Waals surface area contributed by atoms with Crippen molar-refractivity contribution in [2.75, 3.05) is 6.54 Å². The fraction of sp³-hybridized carbons (Fsp3) is 0.421. The second-order valence-corrected chi connectivity index (χ2v) is 7.63. The zero-order valence-electron chi connectivity index (χ0n) is 15.2. The Balaban J connectivity index is 1.66. The second kappa shape index (κ2) is 6.88. The van der Waals surface area contributed by atoms with Crippen LogP contribution < -0.4 is 11.1 Å². The first-order chi connectivity index (χ1) is 12.9. The Morgan fingerprint density at radius 1 is 1.30 bits per heavy atom. The minimum absolute atomic E-state index is 0.0912. The zero-order valence-corrected chi connectivity index (χ0v) is 15.9. The number of halogens is 1. The third-order valence-corrected chi connectivity index (χ3v) is 5.80. The van der Waals surface area contributed by atoms with Crippen molar-refractivity contribution >= 4 is 23.5 Å². The first-order valence-electron chi connectivity index (χ1n) is 9.15. The van der Waals surface area contributed by atoms with Gasteiger partial charge in [0.25, 0.3) is 5.91 Å². The Labute approximate surface area is 162 Å². The maximum absolute atomic E-state index is 12.5. The highest BCUT2D eigenvalue weighted by Gasteiger charge is 2.31. The van der Waals surface area contributed by atoms with E-state index in [0.29, 0.717) is 41.6 Å². The van der Waals surface area contributed by atoms with Gasteiger partial charge in [-0.2, -0.15) is 5.10 Å². The molecule has 142 valence electrons. The second-order valence-electron chi connectivity index (χ2n) is 7.22. The Morgan fingerprint density at radius 3 is 2.70 bits per heavy atom. The number of amides is 3. The molecular weight excluding hydrogens is 366 g/mol. The topological polar surface area (TPSA) is 93.2 Å². The minimum atomic E-state index is -0.542. The van der Waals surface area contributed by atoms with Gasteiger partial charge >= 0.3 is 6.03 Å². The van der Waals surface area contributed by atoms with Gasteiger partial charge in [0.15, 0.2) is 0 Å². The molecule has 1 fully saturated rings. The summed E-state index contributed by atoms with van der Waals surface area (Å²) in [5, 5.41) is 8.31. The number of carbonyl (C=O) groups is 2. The van der Waals surface area contributed by atoms with Crippen LogP contribution >= 0.6 is 11.6 Å². The lowest BCUT2D eigenvalue weighted by Gasteiger charge is -2.32. The maximum Gasteiger partial charge on any atom is 0.318 e. The fourth-order valence-electron chi connectivity index (χ4n) is 3.56. The molecule has 0 atom stereocenters. The summed E-state index contributed by atoms with van der Waals surface area (Å²) in [6.07, 6.45) is 3.22. The molecule has 2 aliphatic rings. The van der Waals surface area contributed by atoms with E-state index in [9.17, 15) is 9.59 Å². The summed E-state index contributed by atoms with van der Waals surface area (Å²) in [5.74, 6) is -0.542. The van der Waals surface area contributed by atoms with Gasteiger partial charge in [0.2, 0.25) is 0 Å². The van der Waals surface area contributed by atoms with Crippen LogP contribution in [-0.2, 0) is 13.1 Å². The average molecular weight is 388 g/mol. The van der Waals surface area contributed by atoms with Gasteiger partial charge in [0, 0.05) is 23.2 Å². The SMILES string of the molecule is Cc1cc(-c2nn3c(c2C(N)=O)CN(C(=O)NC2CCC2)CC3)ccc1Cl. The van der Waals surface area contributed by atoms with Crippen LogP contribution in [0.5, 0.6) is 0 Å². The van der Waals surface area contributed by atoms with E-state index in [0.717, 1.165) is 30.4 Å². The number of benzene rings is 1. The number of hydrogen-bond acceptors (Lipinski definition) is 3. The lowest BCUT2D eigenvalue weighted by Crippen LogP contribution is -2.49. The molecule has 7 nitrogen and oxygen atoms in total. The molecule has 4 rings (SSSR count). The molecular formula is C19H22ClN5O2. The molecule has 2 aromatic rings. The van der Waals surface area contributed by atoms with Crippen molar-refractivity contribution in [2.45, 2.75) is 45.3 Å². The molecule has 1 aliphatic carbocycles. The van der Waals surface area contributed by atoms with Crippen molar-refractivity contribution < 1.29 is 9.59 Å². The highest BCUT2D eigenvalue weighted by molar-refractivity contribution is 6.31. The van der Waals surface area contributed by atoms with Crippen LogP contribution in [0.1, 0.15) is 40.9 Å².